The van der Waals surface area contributed by atoms with Gasteiger partial charge in [-0.15, -0.1) is 0 Å². The van der Waals surface area contributed by atoms with Gasteiger partial charge in [0.2, 0.25) is 0 Å². The van der Waals surface area contributed by atoms with Gasteiger partial charge in [0, 0.05) is 18.0 Å². The van der Waals surface area contributed by atoms with E-state index >= 15 is 0 Å². The summed E-state index contributed by atoms with van der Waals surface area (Å²) in [6.45, 7) is 5.70. The molecule has 0 heterocycles. The minimum absolute atomic E-state index is 0.0937. The van der Waals surface area contributed by atoms with Gasteiger partial charge in [-0.3, -0.25) is 4.79 Å². The minimum atomic E-state index is -0.374. The van der Waals surface area contributed by atoms with Crippen molar-refractivity contribution < 1.29 is 9.18 Å². The van der Waals surface area contributed by atoms with E-state index in [9.17, 15) is 9.18 Å². The Morgan fingerprint density at radius 1 is 1.38 bits per heavy atom. The first-order chi connectivity index (χ1) is 7.40. The number of aryl methyl sites for hydroxylation is 1. The Hall–Kier alpha value is -1.22. The molecule has 1 rings (SSSR count). The molecule has 0 radical (unpaired) electrons. The summed E-state index contributed by atoms with van der Waals surface area (Å²) >= 11 is 0. The number of ketones is 1. The summed E-state index contributed by atoms with van der Waals surface area (Å²) in [5, 5.41) is 0. The van der Waals surface area contributed by atoms with Crippen LogP contribution in [0.3, 0.4) is 0 Å². The van der Waals surface area contributed by atoms with Crippen molar-refractivity contribution in [3.05, 3.63) is 35.1 Å². The van der Waals surface area contributed by atoms with Gasteiger partial charge in [0.25, 0.3) is 0 Å². The fourth-order valence-electron chi connectivity index (χ4n) is 1.46. The third-order valence-corrected chi connectivity index (χ3v) is 2.64. The van der Waals surface area contributed by atoms with Gasteiger partial charge in [-0.2, -0.15) is 0 Å². The fraction of sp³-hybridized carbons (Fsp3) is 0.462. The molecule has 88 valence electrons. The molecule has 0 aliphatic heterocycles. The standard InChI is InChI=1S/C13H18FNO/c1-8(2)12(15)7-13(16)10-4-9(3)5-11(14)6-10/h4-6,8,12H,7,15H2,1-3H3. The zero-order valence-corrected chi connectivity index (χ0v) is 9.96. The van der Waals surface area contributed by atoms with Crippen molar-refractivity contribution in [2.75, 3.05) is 0 Å². The van der Waals surface area contributed by atoms with E-state index in [4.69, 9.17) is 5.73 Å². The predicted molar refractivity (Wildman–Crippen MR) is 62.9 cm³/mol. The molecule has 1 atom stereocenters. The Kier molecular flexibility index (Phi) is 4.19. The van der Waals surface area contributed by atoms with Crippen molar-refractivity contribution in [2.45, 2.75) is 33.2 Å². The second-order valence-corrected chi connectivity index (χ2v) is 4.55. The molecule has 2 nitrogen and oxygen atoms in total. The van der Waals surface area contributed by atoms with Crippen LogP contribution in [0.15, 0.2) is 18.2 Å². The van der Waals surface area contributed by atoms with Crippen molar-refractivity contribution in [3.8, 4) is 0 Å². The Morgan fingerprint density at radius 2 is 2.00 bits per heavy atom. The van der Waals surface area contributed by atoms with Gasteiger partial charge in [-0.25, -0.2) is 4.39 Å². The van der Waals surface area contributed by atoms with Crippen LogP contribution in [0.2, 0.25) is 0 Å². The fourth-order valence-corrected chi connectivity index (χ4v) is 1.46. The van der Waals surface area contributed by atoms with E-state index in [0.29, 0.717) is 5.56 Å². The van der Waals surface area contributed by atoms with Crippen molar-refractivity contribution in [3.63, 3.8) is 0 Å². The second-order valence-electron chi connectivity index (χ2n) is 4.55. The van der Waals surface area contributed by atoms with Crippen LogP contribution < -0.4 is 5.73 Å². The first-order valence-electron chi connectivity index (χ1n) is 5.46. The lowest BCUT2D eigenvalue weighted by Gasteiger charge is -2.14. The molecular weight excluding hydrogens is 205 g/mol. The van der Waals surface area contributed by atoms with Gasteiger partial charge in [0.1, 0.15) is 5.82 Å². The largest absolute Gasteiger partial charge is 0.327 e. The number of hydrogen-bond donors (Lipinski definition) is 1. The highest BCUT2D eigenvalue weighted by Crippen LogP contribution is 2.13. The number of carbonyl (C=O) groups is 1. The van der Waals surface area contributed by atoms with Crippen LogP contribution in [0.1, 0.15) is 36.2 Å². The molecule has 0 amide bonds. The SMILES string of the molecule is Cc1cc(F)cc(C(=O)CC(N)C(C)C)c1. The van der Waals surface area contributed by atoms with E-state index in [2.05, 4.69) is 0 Å². The lowest BCUT2D eigenvalue weighted by atomic mass is 9.96. The van der Waals surface area contributed by atoms with Gasteiger partial charge in [0.15, 0.2) is 5.78 Å². The molecule has 2 N–H and O–H groups in total. The Labute approximate surface area is 95.7 Å². The molecule has 0 saturated carbocycles. The molecule has 1 aromatic carbocycles. The molecule has 0 fully saturated rings. The Bertz CT molecular complexity index is 367. The first-order valence-corrected chi connectivity index (χ1v) is 5.46. The van der Waals surface area contributed by atoms with Gasteiger partial charge in [-0.05, 0) is 36.6 Å². The lowest BCUT2D eigenvalue weighted by molar-refractivity contribution is 0.0967. The highest BCUT2D eigenvalue weighted by molar-refractivity contribution is 5.96. The molecule has 0 saturated heterocycles. The number of nitrogens with two attached hydrogens (primary N) is 1. The van der Waals surface area contributed by atoms with Crippen LogP contribution in [0.5, 0.6) is 0 Å². The number of hydrogen-bond acceptors (Lipinski definition) is 2. The molecule has 0 spiro atoms. The highest BCUT2D eigenvalue weighted by atomic mass is 19.1. The topological polar surface area (TPSA) is 43.1 Å². The zero-order chi connectivity index (χ0) is 12.3. The highest BCUT2D eigenvalue weighted by Gasteiger charge is 2.15. The summed E-state index contributed by atoms with van der Waals surface area (Å²) in [6.07, 6.45) is 0.264. The summed E-state index contributed by atoms with van der Waals surface area (Å²) in [7, 11) is 0. The van der Waals surface area contributed by atoms with Gasteiger partial charge in [0.05, 0.1) is 0 Å². The van der Waals surface area contributed by atoms with E-state index in [1.165, 1.54) is 12.1 Å². The van der Waals surface area contributed by atoms with E-state index in [1.54, 1.807) is 13.0 Å². The molecule has 1 aromatic rings. The molecule has 3 heteroatoms. The van der Waals surface area contributed by atoms with Crippen LogP contribution in [-0.4, -0.2) is 11.8 Å². The van der Waals surface area contributed by atoms with Gasteiger partial charge >= 0.3 is 0 Å². The number of carbonyl (C=O) groups excluding carboxylic acids is 1. The number of rotatable bonds is 4. The summed E-state index contributed by atoms with van der Waals surface area (Å²) in [6, 6.07) is 4.19. The summed E-state index contributed by atoms with van der Waals surface area (Å²) in [5.74, 6) is -0.219. The van der Waals surface area contributed by atoms with Crippen LogP contribution in [0.25, 0.3) is 0 Å². The molecule has 1 unspecified atom stereocenters. The van der Waals surface area contributed by atoms with E-state index in [0.717, 1.165) is 5.56 Å². The third-order valence-electron chi connectivity index (χ3n) is 2.64. The predicted octanol–water partition coefficient (Wildman–Crippen LogP) is 2.69. The van der Waals surface area contributed by atoms with Crippen LogP contribution in [-0.2, 0) is 0 Å². The Morgan fingerprint density at radius 3 is 2.50 bits per heavy atom. The zero-order valence-electron chi connectivity index (χ0n) is 9.96. The lowest BCUT2D eigenvalue weighted by Crippen LogP contribution is -2.29. The van der Waals surface area contributed by atoms with E-state index < -0.39 is 0 Å². The summed E-state index contributed by atoms with van der Waals surface area (Å²) < 4.78 is 13.1. The molecule has 0 bridgehead atoms. The van der Waals surface area contributed by atoms with E-state index in [1.807, 2.05) is 13.8 Å². The maximum Gasteiger partial charge on any atom is 0.164 e. The van der Waals surface area contributed by atoms with Crippen LogP contribution in [0.4, 0.5) is 4.39 Å². The minimum Gasteiger partial charge on any atom is -0.327 e. The quantitative estimate of drug-likeness (QED) is 0.797. The van der Waals surface area contributed by atoms with Crippen molar-refractivity contribution in [2.24, 2.45) is 11.7 Å². The van der Waals surface area contributed by atoms with Gasteiger partial charge in [-0.1, -0.05) is 13.8 Å². The Balaban J connectivity index is 2.80. The normalized spacial score (nSPS) is 12.9. The van der Waals surface area contributed by atoms with Crippen molar-refractivity contribution in [1.82, 2.24) is 0 Å². The maximum atomic E-state index is 13.1. The maximum absolute atomic E-state index is 13.1. The molecule has 0 aliphatic rings. The molecular formula is C13H18FNO. The summed E-state index contributed by atoms with van der Waals surface area (Å²) in [4.78, 5) is 11.8. The molecule has 0 aromatic heterocycles. The van der Waals surface area contributed by atoms with Crippen LogP contribution >= 0.6 is 0 Å². The molecule has 16 heavy (non-hydrogen) atoms. The number of Topliss-reactive ketones (excluding diaryl/α,β-unsaturated/α-hetero) is 1. The number of halogens is 1. The van der Waals surface area contributed by atoms with Gasteiger partial charge < -0.3 is 5.73 Å². The van der Waals surface area contributed by atoms with E-state index in [-0.39, 0.29) is 30.0 Å². The van der Waals surface area contributed by atoms with Crippen molar-refractivity contribution >= 4 is 5.78 Å². The second kappa shape index (κ2) is 5.21. The molecule has 0 aliphatic carbocycles. The smallest absolute Gasteiger partial charge is 0.164 e. The first kappa shape index (κ1) is 12.8. The van der Waals surface area contributed by atoms with Crippen molar-refractivity contribution in [1.29, 1.82) is 0 Å². The average molecular weight is 223 g/mol. The monoisotopic (exact) mass is 223 g/mol. The number of benzene rings is 1. The third kappa shape index (κ3) is 3.42. The average Bonchev–Trinajstić information content (AvgIpc) is 2.15. The summed E-state index contributed by atoms with van der Waals surface area (Å²) in [5.41, 5.74) is 6.98. The van der Waals surface area contributed by atoms with Crippen LogP contribution in [0, 0.1) is 18.7 Å².